The number of nitrogens with zero attached hydrogens (tertiary/aromatic N) is 2. The van der Waals surface area contributed by atoms with E-state index in [1.807, 2.05) is 0 Å². The van der Waals surface area contributed by atoms with Crippen molar-refractivity contribution in [2.75, 3.05) is 16.8 Å². The first-order valence-corrected chi connectivity index (χ1v) is 24.7. The molecule has 0 aliphatic heterocycles. The van der Waals surface area contributed by atoms with Gasteiger partial charge in [-0.3, -0.25) is 0 Å². The summed E-state index contributed by atoms with van der Waals surface area (Å²) in [6.07, 6.45) is 7.15. The van der Waals surface area contributed by atoms with E-state index in [0.717, 1.165) is 12.1 Å². The highest BCUT2D eigenvalue weighted by Crippen LogP contribution is 2.46. The third-order valence-corrected chi connectivity index (χ3v) is 13.2. The molecule has 2 nitrogen and oxygen atoms in total. The van der Waals surface area contributed by atoms with Crippen LogP contribution in [0, 0.1) is 0 Å². The van der Waals surface area contributed by atoms with Crippen molar-refractivity contribution in [1.82, 2.24) is 0 Å². The summed E-state index contributed by atoms with van der Waals surface area (Å²) >= 11 is 0. The van der Waals surface area contributed by atoms with Gasteiger partial charge in [0.25, 0.3) is 0 Å². The van der Waals surface area contributed by atoms with Crippen molar-refractivity contribution in [3.63, 3.8) is 0 Å². The topological polar surface area (TPSA) is 6.48 Å². The van der Waals surface area contributed by atoms with Crippen molar-refractivity contribution in [1.29, 1.82) is 0 Å². The fourth-order valence-electron chi connectivity index (χ4n) is 9.38. The molecule has 0 spiro atoms. The van der Waals surface area contributed by atoms with Crippen LogP contribution in [0.3, 0.4) is 0 Å². The third-order valence-electron chi connectivity index (χ3n) is 13.2. The summed E-state index contributed by atoms with van der Waals surface area (Å²) in [5, 5.41) is 5.07. The molecule has 0 N–H and O–H groups in total. The Hall–Kier alpha value is -6.90. The van der Waals surface area contributed by atoms with E-state index in [-0.39, 0.29) is 0 Å². The van der Waals surface area contributed by atoms with Gasteiger partial charge in [-0.05, 0) is 164 Å². The Morgan fingerprint density at radius 3 is 1.28 bits per heavy atom. The van der Waals surface area contributed by atoms with E-state index in [2.05, 4.69) is 259 Å². The summed E-state index contributed by atoms with van der Waals surface area (Å²) in [4.78, 5) is 4.73. The second-order valence-corrected chi connectivity index (χ2v) is 18.7. The molecule has 338 valence electrons. The monoisotopic (exact) mass is 877 g/mol. The lowest BCUT2D eigenvalue weighted by Gasteiger charge is -2.28. The average molecular weight is 877 g/mol. The molecule has 0 saturated carbocycles. The summed E-state index contributed by atoms with van der Waals surface area (Å²) in [7, 11) is 2.15. The molecule has 67 heavy (non-hydrogen) atoms. The minimum absolute atomic E-state index is 0.443. The van der Waals surface area contributed by atoms with Gasteiger partial charge < -0.3 is 9.80 Å². The average Bonchev–Trinajstić information content (AvgIpc) is 3.37. The van der Waals surface area contributed by atoms with Crippen LogP contribution in [0.5, 0.6) is 0 Å². The van der Waals surface area contributed by atoms with Crippen molar-refractivity contribution in [3.05, 3.63) is 222 Å². The molecule has 9 aromatic rings. The Morgan fingerprint density at radius 1 is 0.358 bits per heavy atom. The molecular formula is C65H68N2. The number of aryl methyl sites for hydroxylation is 2. The van der Waals surface area contributed by atoms with Crippen molar-refractivity contribution in [2.45, 2.75) is 91.9 Å². The van der Waals surface area contributed by atoms with Crippen molar-refractivity contribution in [3.8, 4) is 22.3 Å². The smallest absolute Gasteiger partial charge is 0.0468 e. The predicted octanol–water partition coefficient (Wildman–Crippen LogP) is 19.2. The number of rotatable bonds is 15. The molecule has 2 heteroatoms. The van der Waals surface area contributed by atoms with E-state index in [4.69, 9.17) is 0 Å². The maximum atomic E-state index is 2.45. The first kappa shape index (κ1) is 46.6. The molecule has 0 aromatic heterocycles. The van der Waals surface area contributed by atoms with Gasteiger partial charge in [-0.2, -0.15) is 0 Å². The second-order valence-electron chi connectivity index (χ2n) is 18.7. The first-order valence-electron chi connectivity index (χ1n) is 24.7. The van der Waals surface area contributed by atoms with E-state index in [9.17, 15) is 0 Å². The maximum Gasteiger partial charge on any atom is 0.0468 e. The van der Waals surface area contributed by atoms with Crippen molar-refractivity contribution in [2.24, 2.45) is 0 Å². The largest absolute Gasteiger partial charge is 0.345 e. The highest BCUT2D eigenvalue weighted by molar-refractivity contribution is 6.22. The van der Waals surface area contributed by atoms with Crippen LogP contribution in [0.4, 0.5) is 28.4 Å². The Morgan fingerprint density at radius 2 is 0.761 bits per heavy atom. The van der Waals surface area contributed by atoms with Crippen LogP contribution in [0.2, 0.25) is 0 Å². The van der Waals surface area contributed by atoms with Gasteiger partial charge in [0, 0.05) is 35.5 Å². The fraction of sp³-hybridized carbons (Fsp3) is 0.231. The lowest BCUT2D eigenvalue weighted by molar-refractivity contribution is 0.795. The standard InChI is InChI=1S/C45H41N.C20H27N/c1-4-5-16-33-17-14-23-37(29-33)46(38-24-15-22-36(30-38)32(2)3)39-27-28-42-43(31-39)45(35-20-10-7-11-21-35)41-26-13-12-25-40(41)44(42)34-18-8-6-9-19-34;1-5-6-9-17-10-7-12-19(14-17)21(4)20-13-8-11-18(15-20)16(2)3/h6-15,17-32H,4-5,16H2,1-3H3;7-8,10-16H,5-6,9H2,1-4H3. The van der Waals surface area contributed by atoms with Gasteiger partial charge in [-0.15, -0.1) is 0 Å². The molecule has 0 aliphatic rings. The predicted molar refractivity (Wildman–Crippen MR) is 293 cm³/mol. The van der Waals surface area contributed by atoms with Crippen LogP contribution in [0.25, 0.3) is 43.8 Å². The minimum atomic E-state index is 0.443. The van der Waals surface area contributed by atoms with Crippen LogP contribution in [0.15, 0.2) is 200 Å². The molecule has 0 unspecified atom stereocenters. The summed E-state index contributed by atoms with van der Waals surface area (Å²) in [5.74, 6) is 1.01. The van der Waals surface area contributed by atoms with E-state index in [1.165, 1.54) is 121 Å². The van der Waals surface area contributed by atoms with Crippen LogP contribution >= 0.6 is 0 Å². The Kier molecular flexibility index (Phi) is 15.3. The van der Waals surface area contributed by atoms with Gasteiger partial charge in [-0.1, -0.05) is 194 Å². The van der Waals surface area contributed by atoms with Gasteiger partial charge in [0.2, 0.25) is 0 Å². The van der Waals surface area contributed by atoms with E-state index < -0.39 is 0 Å². The number of fused-ring (bicyclic) bond motifs is 2. The van der Waals surface area contributed by atoms with Crippen molar-refractivity contribution >= 4 is 50.0 Å². The Bertz CT molecular complexity index is 3020. The van der Waals surface area contributed by atoms with Crippen molar-refractivity contribution < 1.29 is 0 Å². The highest BCUT2D eigenvalue weighted by Gasteiger charge is 2.20. The zero-order valence-electron chi connectivity index (χ0n) is 40.8. The molecule has 0 amide bonds. The first-order chi connectivity index (χ1) is 32.7. The number of anilines is 5. The fourth-order valence-corrected chi connectivity index (χ4v) is 9.38. The van der Waals surface area contributed by atoms with E-state index in [1.54, 1.807) is 0 Å². The van der Waals surface area contributed by atoms with Gasteiger partial charge in [0.15, 0.2) is 0 Å². The summed E-state index contributed by atoms with van der Waals surface area (Å²) in [5.41, 5.74) is 16.6. The van der Waals surface area contributed by atoms with Crippen LogP contribution < -0.4 is 9.80 Å². The summed E-state index contributed by atoms with van der Waals surface area (Å²) in [6, 6.07) is 73.7. The Balaban J connectivity index is 0.000000243. The molecule has 0 radical (unpaired) electrons. The Labute approximate surface area is 401 Å². The van der Waals surface area contributed by atoms with Gasteiger partial charge in [0.05, 0.1) is 0 Å². The lowest BCUT2D eigenvalue weighted by Crippen LogP contribution is -2.11. The molecule has 9 aromatic carbocycles. The number of hydrogen-bond donors (Lipinski definition) is 0. The maximum absolute atomic E-state index is 2.45. The van der Waals surface area contributed by atoms with Gasteiger partial charge in [-0.25, -0.2) is 0 Å². The molecule has 9 rings (SSSR count). The van der Waals surface area contributed by atoms with E-state index in [0.29, 0.717) is 11.8 Å². The third kappa shape index (κ3) is 10.9. The minimum Gasteiger partial charge on any atom is -0.345 e. The normalized spacial score (nSPS) is 11.2. The molecule has 0 atom stereocenters. The van der Waals surface area contributed by atoms with Crippen LogP contribution in [0.1, 0.15) is 101 Å². The molecule has 0 aliphatic carbocycles. The zero-order chi connectivity index (χ0) is 46.7. The quantitative estimate of drug-likeness (QED) is 0.0947. The van der Waals surface area contributed by atoms with Crippen LogP contribution in [-0.2, 0) is 12.8 Å². The highest BCUT2D eigenvalue weighted by atomic mass is 15.1. The number of unbranched alkanes of at least 4 members (excludes halogenated alkanes) is 2. The van der Waals surface area contributed by atoms with Crippen LogP contribution in [-0.4, -0.2) is 7.05 Å². The van der Waals surface area contributed by atoms with Gasteiger partial charge >= 0.3 is 0 Å². The molecule has 0 heterocycles. The molecule has 0 bridgehead atoms. The molecule has 0 fully saturated rings. The van der Waals surface area contributed by atoms with E-state index >= 15 is 0 Å². The molecule has 0 saturated heterocycles. The zero-order valence-corrected chi connectivity index (χ0v) is 40.8. The second kappa shape index (κ2) is 22.1. The number of hydrogen-bond acceptors (Lipinski definition) is 2. The number of benzene rings is 9. The molecular weight excluding hydrogens is 809 g/mol. The lowest BCUT2D eigenvalue weighted by atomic mass is 9.85. The summed E-state index contributed by atoms with van der Waals surface area (Å²) < 4.78 is 0. The SMILES string of the molecule is CCCCc1cccc(N(C)c2cccc(C(C)C)c2)c1.CCCCc1cccc(N(c2cccc(C(C)C)c2)c2ccc3c(-c4ccccc4)c4ccccc4c(-c4ccccc4)c3c2)c1. The van der Waals surface area contributed by atoms with Gasteiger partial charge in [0.1, 0.15) is 0 Å². The summed E-state index contributed by atoms with van der Waals surface area (Å²) in [6.45, 7) is 13.5.